The van der Waals surface area contributed by atoms with Gasteiger partial charge >= 0.3 is 5.97 Å². The number of nitrogens with zero attached hydrogens (tertiary/aromatic N) is 2. The monoisotopic (exact) mass is 283 g/mol. The highest BCUT2D eigenvalue weighted by atomic mass is 16.4. The van der Waals surface area contributed by atoms with E-state index in [-0.39, 0.29) is 24.5 Å². The fraction of sp³-hybridized carbons (Fsp3) is 0.615. The fourth-order valence-electron chi connectivity index (χ4n) is 1.93. The van der Waals surface area contributed by atoms with Crippen molar-refractivity contribution < 1.29 is 19.8 Å². The molecule has 0 spiro atoms. The standard InChI is InChI=1S/C13H21N3O4/c1-2-3-4-5-6-16(7-8-17)12(18)10-11(13(19)20)15-9-14-10/h9,17H,2-8H2,1H3,(H,14,15)(H,19,20). The number of nitrogens with one attached hydrogen (secondary N) is 1. The summed E-state index contributed by atoms with van der Waals surface area (Å²) in [5.41, 5.74) is -0.326. The minimum Gasteiger partial charge on any atom is -0.477 e. The number of imidazole rings is 1. The molecule has 0 saturated carbocycles. The molecule has 1 aromatic heterocycles. The Bertz CT molecular complexity index is 445. The summed E-state index contributed by atoms with van der Waals surface area (Å²) in [5.74, 6) is -1.69. The smallest absolute Gasteiger partial charge is 0.354 e. The summed E-state index contributed by atoms with van der Waals surface area (Å²) in [5, 5.41) is 18.0. The molecule has 0 unspecified atom stereocenters. The van der Waals surface area contributed by atoms with Gasteiger partial charge in [0.05, 0.1) is 12.9 Å². The van der Waals surface area contributed by atoms with Crippen molar-refractivity contribution in [3.8, 4) is 0 Å². The van der Waals surface area contributed by atoms with Gasteiger partial charge in [-0.2, -0.15) is 0 Å². The Morgan fingerprint density at radius 3 is 2.65 bits per heavy atom. The molecule has 7 nitrogen and oxygen atoms in total. The number of rotatable bonds is 9. The lowest BCUT2D eigenvalue weighted by Crippen LogP contribution is -2.35. The number of amides is 1. The van der Waals surface area contributed by atoms with Gasteiger partial charge in [-0.3, -0.25) is 4.79 Å². The number of aromatic amines is 1. The molecule has 0 saturated heterocycles. The molecule has 1 heterocycles. The SMILES string of the molecule is CCCCCCN(CCO)C(=O)c1nc[nH]c1C(=O)O. The zero-order chi connectivity index (χ0) is 15.0. The highest BCUT2D eigenvalue weighted by Gasteiger charge is 2.24. The van der Waals surface area contributed by atoms with Crippen molar-refractivity contribution in [3.05, 3.63) is 17.7 Å². The zero-order valence-corrected chi connectivity index (χ0v) is 11.6. The van der Waals surface area contributed by atoms with E-state index in [4.69, 9.17) is 10.2 Å². The van der Waals surface area contributed by atoms with E-state index in [2.05, 4.69) is 16.9 Å². The quantitative estimate of drug-likeness (QED) is 0.589. The Balaban J connectivity index is 2.72. The minimum absolute atomic E-state index is 0.110. The van der Waals surface area contributed by atoms with E-state index in [1.807, 2.05) is 0 Å². The second kappa shape index (κ2) is 8.31. The summed E-state index contributed by atoms with van der Waals surface area (Å²) >= 11 is 0. The Morgan fingerprint density at radius 2 is 2.05 bits per heavy atom. The largest absolute Gasteiger partial charge is 0.477 e. The van der Waals surface area contributed by atoms with Crippen molar-refractivity contribution in [1.82, 2.24) is 14.9 Å². The normalized spacial score (nSPS) is 10.5. The summed E-state index contributed by atoms with van der Waals surface area (Å²) in [7, 11) is 0. The zero-order valence-electron chi connectivity index (χ0n) is 11.6. The van der Waals surface area contributed by atoms with Crippen molar-refractivity contribution in [2.75, 3.05) is 19.7 Å². The van der Waals surface area contributed by atoms with Crippen LogP contribution in [0.5, 0.6) is 0 Å². The van der Waals surface area contributed by atoms with Crippen LogP contribution < -0.4 is 0 Å². The van der Waals surface area contributed by atoms with Crippen LogP contribution in [0, 0.1) is 0 Å². The highest BCUT2D eigenvalue weighted by Crippen LogP contribution is 2.09. The summed E-state index contributed by atoms with van der Waals surface area (Å²) in [6.45, 7) is 2.61. The third kappa shape index (κ3) is 4.34. The van der Waals surface area contributed by atoms with Crippen LogP contribution >= 0.6 is 0 Å². The van der Waals surface area contributed by atoms with Gasteiger partial charge in [0.25, 0.3) is 5.91 Å². The van der Waals surface area contributed by atoms with E-state index in [0.717, 1.165) is 25.7 Å². The molecule has 3 N–H and O–H groups in total. The van der Waals surface area contributed by atoms with Crippen LogP contribution in [0.1, 0.15) is 53.6 Å². The molecule has 0 radical (unpaired) electrons. The van der Waals surface area contributed by atoms with Crippen LogP contribution in [0.3, 0.4) is 0 Å². The van der Waals surface area contributed by atoms with Gasteiger partial charge in [0, 0.05) is 13.1 Å². The number of aromatic carboxylic acids is 1. The molecule has 0 fully saturated rings. The summed E-state index contributed by atoms with van der Waals surface area (Å²) in [4.78, 5) is 30.9. The Morgan fingerprint density at radius 1 is 1.30 bits per heavy atom. The molecular formula is C13H21N3O4. The van der Waals surface area contributed by atoms with E-state index < -0.39 is 11.9 Å². The van der Waals surface area contributed by atoms with E-state index in [0.29, 0.717) is 6.54 Å². The first-order valence-electron chi connectivity index (χ1n) is 6.78. The number of aliphatic hydroxyl groups excluding tert-OH is 1. The van der Waals surface area contributed by atoms with E-state index in [1.54, 1.807) is 0 Å². The molecule has 0 aliphatic heterocycles. The summed E-state index contributed by atoms with van der Waals surface area (Å²) in [6, 6.07) is 0. The summed E-state index contributed by atoms with van der Waals surface area (Å²) < 4.78 is 0. The lowest BCUT2D eigenvalue weighted by molar-refractivity contribution is 0.0658. The van der Waals surface area contributed by atoms with Gasteiger partial charge in [0.15, 0.2) is 11.4 Å². The van der Waals surface area contributed by atoms with Gasteiger partial charge in [-0.15, -0.1) is 0 Å². The molecule has 1 amide bonds. The minimum atomic E-state index is -1.22. The van der Waals surface area contributed by atoms with E-state index in [1.165, 1.54) is 11.2 Å². The van der Waals surface area contributed by atoms with Gasteiger partial charge in [-0.05, 0) is 6.42 Å². The first kappa shape index (κ1) is 16.2. The molecule has 112 valence electrons. The number of hydrogen-bond donors (Lipinski definition) is 3. The van der Waals surface area contributed by atoms with Crippen molar-refractivity contribution in [1.29, 1.82) is 0 Å². The Hall–Kier alpha value is -1.89. The molecule has 7 heteroatoms. The Kier molecular flexibility index (Phi) is 6.72. The number of carboxylic acids is 1. The maximum absolute atomic E-state index is 12.3. The average molecular weight is 283 g/mol. The molecular weight excluding hydrogens is 262 g/mol. The van der Waals surface area contributed by atoms with Crippen LogP contribution in [-0.2, 0) is 0 Å². The van der Waals surface area contributed by atoms with Crippen LogP contribution in [0.2, 0.25) is 0 Å². The second-order valence-corrected chi connectivity index (χ2v) is 4.51. The third-order valence-electron chi connectivity index (χ3n) is 2.99. The first-order valence-corrected chi connectivity index (χ1v) is 6.78. The van der Waals surface area contributed by atoms with Crippen molar-refractivity contribution in [3.63, 3.8) is 0 Å². The Labute approximate surface area is 117 Å². The summed E-state index contributed by atoms with van der Waals surface area (Å²) in [6.07, 6.45) is 5.19. The number of carboxylic acid groups (broad SMARTS) is 1. The van der Waals surface area contributed by atoms with E-state index >= 15 is 0 Å². The number of carbonyl (C=O) groups excluding carboxylic acids is 1. The highest BCUT2D eigenvalue weighted by molar-refractivity contribution is 6.02. The van der Waals surface area contributed by atoms with Gasteiger partial charge in [0.1, 0.15) is 0 Å². The maximum Gasteiger partial charge on any atom is 0.354 e. The average Bonchev–Trinajstić information content (AvgIpc) is 2.91. The number of aliphatic hydroxyl groups is 1. The third-order valence-corrected chi connectivity index (χ3v) is 2.99. The number of carbonyl (C=O) groups is 2. The lowest BCUT2D eigenvalue weighted by atomic mass is 10.2. The number of H-pyrrole nitrogens is 1. The van der Waals surface area contributed by atoms with Crippen molar-refractivity contribution in [2.45, 2.75) is 32.6 Å². The predicted molar refractivity (Wildman–Crippen MR) is 72.7 cm³/mol. The van der Waals surface area contributed by atoms with E-state index in [9.17, 15) is 9.59 Å². The number of hydrogen-bond acceptors (Lipinski definition) is 4. The molecule has 20 heavy (non-hydrogen) atoms. The molecule has 0 aliphatic rings. The molecule has 0 atom stereocenters. The topological polar surface area (TPSA) is 107 Å². The molecule has 1 rings (SSSR count). The van der Waals surface area contributed by atoms with Gasteiger partial charge in [-0.1, -0.05) is 26.2 Å². The molecule has 0 bridgehead atoms. The molecule has 0 aliphatic carbocycles. The van der Waals surface area contributed by atoms with Crippen LogP contribution in [0.15, 0.2) is 6.33 Å². The fourth-order valence-corrected chi connectivity index (χ4v) is 1.93. The predicted octanol–water partition coefficient (Wildman–Crippen LogP) is 1.12. The second-order valence-electron chi connectivity index (χ2n) is 4.51. The number of aromatic nitrogens is 2. The van der Waals surface area contributed by atoms with Crippen LogP contribution in [-0.4, -0.2) is 56.7 Å². The van der Waals surface area contributed by atoms with Gasteiger partial charge in [-0.25, -0.2) is 9.78 Å². The number of unbranched alkanes of at least 4 members (excludes halogenated alkanes) is 3. The molecule has 1 aromatic rings. The van der Waals surface area contributed by atoms with Crippen molar-refractivity contribution in [2.24, 2.45) is 0 Å². The van der Waals surface area contributed by atoms with Crippen LogP contribution in [0.4, 0.5) is 0 Å². The maximum atomic E-state index is 12.3. The lowest BCUT2D eigenvalue weighted by Gasteiger charge is -2.21. The van der Waals surface area contributed by atoms with Gasteiger partial charge < -0.3 is 20.1 Å². The first-order chi connectivity index (χ1) is 9.61. The van der Waals surface area contributed by atoms with Crippen LogP contribution in [0.25, 0.3) is 0 Å². The molecule has 0 aromatic carbocycles. The van der Waals surface area contributed by atoms with Crippen molar-refractivity contribution >= 4 is 11.9 Å². The van der Waals surface area contributed by atoms with Gasteiger partial charge in [0.2, 0.25) is 0 Å².